The van der Waals surface area contributed by atoms with Gasteiger partial charge in [-0.1, -0.05) is 42.0 Å². The van der Waals surface area contributed by atoms with Gasteiger partial charge < -0.3 is 15.4 Å². The van der Waals surface area contributed by atoms with E-state index in [0.29, 0.717) is 25.1 Å². The number of aryl methyl sites for hydroxylation is 1. The molecule has 130 valence electrons. The number of hydrogen-bond donors (Lipinski definition) is 1. The lowest BCUT2D eigenvalue weighted by molar-refractivity contribution is -0.153. The van der Waals surface area contributed by atoms with E-state index in [9.17, 15) is 9.59 Å². The lowest BCUT2D eigenvalue weighted by Gasteiger charge is -2.23. The average Bonchev–Trinajstić information content (AvgIpc) is 2.97. The molecular formula is C20H22N2O3. The first-order chi connectivity index (χ1) is 12.0. The Labute approximate surface area is 147 Å². The molecule has 3 rings (SSSR count). The van der Waals surface area contributed by atoms with Crippen LogP contribution in [0.15, 0.2) is 48.5 Å². The first-order valence-electron chi connectivity index (χ1n) is 8.39. The quantitative estimate of drug-likeness (QED) is 0.672. The van der Waals surface area contributed by atoms with Gasteiger partial charge >= 0.3 is 5.97 Å². The smallest absolute Gasteiger partial charge is 0.329 e. The highest BCUT2D eigenvalue weighted by atomic mass is 16.5. The van der Waals surface area contributed by atoms with Crippen molar-refractivity contribution < 1.29 is 14.3 Å². The van der Waals surface area contributed by atoms with Gasteiger partial charge in [0.15, 0.2) is 0 Å². The fourth-order valence-electron chi connectivity index (χ4n) is 2.93. The summed E-state index contributed by atoms with van der Waals surface area (Å²) in [5, 5.41) is 0. The zero-order valence-electron chi connectivity index (χ0n) is 14.3. The molecule has 1 saturated heterocycles. The van der Waals surface area contributed by atoms with E-state index >= 15 is 0 Å². The maximum Gasteiger partial charge on any atom is 0.329 e. The summed E-state index contributed by atoms with van der Waals surface area (Å²) in [5.74, 6) is -0.357. The summed E-state index contributed by atoms with van der Waals surface area (Å²) in [6.07, 6.45) is 0.888. The summed E-state index contributed by atoms with van der Waals surface area (Å²) in [6.45, 7) is 2.63. The van der Waals surface area contributed by atoms with Gasteiger partial charge in [0.2, 0.25) is 5.91 Å². The van der Waals surface area contributed by atoms with Crippen molar-refractivity contribution in [3.8, 4) is 0 Å². The number of esters is 1. The SMILES string of the molecule is Cc1ccc(CN2C(=O)CC[C@H]2C(=O)OCc2ccc(N)cc2)cc1. The van der Waals surface area contributed by atoms with E-state index in [1.807, 2.05) is 43.3 Å². The van der Waals surface area contributed by atoms with Gasteiger partial charge in [0.05, 0.1) is 0 Å². The fourth-order valence-corrected chi connectivity index (χ4v) is 2.93. The highest BCUT2D eigenvalue weighted by Crippen LogP contribution is 2.23. The molecule has 0 aromatic heterocycles. The molecule has 2 N–H and O–H groups in total. The summed E-state index contributed by atoms with van der Waals surface area (Å²) in [6, 6.07) is 14.7. The van der Waals surface area contributed by atoms with E-state index < -0.39 is 6.04 Å². The Balaban J connectivity index is 1.62. The van der Waals surface area contributed by atoms with Crippen LogP contribution in [0.4, 0.5) is 5.69 Å². The normalized spacial score (nSPS) is 16.9. The second-order valence-corrected chi connectivity index (χ2v) is 6.41. The third-order valence-electron chi connectivity index (χ3n) is 4.43. The van der Waals surface area contributed by atoms with Crippen molar-refractivity contribution in [3.63, 3.8) is 0 Å². The van der Waals surface area contributed by atoms with Crippen molar-refractivity contribution in [3.05, 3.63) is 65.2 Å². The van der Waals surface area contributed by atoms with Crippen LogP contribution in [-0.4, -0.2) is 22.8 Å². The number of nitrogens with zero attached hydrogens (tertiary/aromatic N) is 1. The van der Waals surface area contributed by atoms with Crippen LogP contribution >= 0.6 is 0 Å². The van der Waals surface area contributed by atoms with Gasteiger partial charge in [-0.3, -0.25) is 4.79 Å². The van der Waals surface area contributed by atoms with Crippen LogP contribution in [0.5, 0.6) is 0 Å². The highest BCUT2D eigenvalue weighted by molar-refractivity contribution is 5.88. The van der Waals surface area contributed by atoms with Gasteiger partial charge in [-0.2, -0.15) is 0 Å². The van der Waals surface area contributed by atoms with Gasteiger partial charge in [-0.05, 0) is 36.6 Å². The van der Waals surface area contributed by atoms with Crippen molar-refractivity contribution in [2.45, 2.75) is 39.0 Å². The van der Waals surface area contributed by atoms with Crippen LogP contribution in [0.1, 0.15) is 29.5 Å². The molecule has 0 spiro atoms. The molecule has 2 aromatic carbocycles. The monoisotopic (exact) mass is 338 g/mol. The molecule has 0 saturated carbocycles. The Morgan fingerprint density at radius 3 is 2.44 bits per heavy atom. The molecule has 1 amide bonds. The van der Waals surface area contributed by atoms with Crippen molar-refractivity contribution >= 4 is 17.6 Å². The predicted molar refractivity (Wildman–Crippen MR) is 95.4 cm³/mol. The number of carbonyl (C=O) groups is 2. The lowest BCUT2D eigenvalue weighted by atomic mass is 10.1. The van der Waals surface area contributed by atoms with Crippen LogP contribution in [0, 0.1) is 6.92 Å². The zero-order chi connectivity index (χ0) is 17.8. The molecule has 0 radical (unpaired) electrons. The Morgan fingerprint density at radius 2 is 1.76 bits per heavy atom. The Hall–Kier alpha value is -2.82. The molecule has 1 fully saturated rings. The number of carbonyl (C=O) groups excluding carboxylic acids is 2. The molecule has 1 atom stereocenters. The Kier molecular flexibility index (Phi) is 5.03. The summed E-state index contributed by atoms with van der Waals surface area (Å²) in [7, 11) is 0. The molecule has 0 aliphatic carbocycles. The molecular weight excluding hydrogens is 316 g/mol. The van der Waals surface area contributed by atoms with Crippen molar-refractivity contribution in [2.75, 3.05) is 5.73 Å². The number of hydrogen-bond acceptors (Lipinski definition) is 4. The van der Waals surface area contributed by atoms with Crippen molar-refractivity contribution in [1.82, 2.24) is 4.90 Å². The number of anilines is 1. The minimum Gasteiger partial charge on any atom is -0.459 e. The minimum atomic E-state index is -0.511. The molecule has 2 aromatic rings. The molecule has 0 unspecified atom stereocenters. The second-order valence-electron chi connectivity index (χ2n) is 6.41. The topological polar surface area (TPSA) is 72.6 Å². The van der Waals surface area contributed by atoms with E-state index in [0.717, 1.165) is 16.7 Å². The third kappa shape index (κ3) is 4.18. The first kappa shape index (κ1) is 17.0. The second kappa shape index (κ2) is 7.38. The summed E-state index contributed by atoms with van der Waals surface area (Å²) in [5.41, 5.74) is 9.36. The molecule has 1 aliphatic rings. The number of rotatable bonds is 5. The minimum absolute atomic E-state index is 0.00462. The maximum absolute atomic E-state index is 12.4. The van der Waals surface area contributed by atoms with Crippen molar-refractivity contribution in [2.24, 2.45) is 0 Å². The lowest BCUT2D eigenvalue weighted by Crippen LogP contribution is -2.39. The number of ether oxygens (including phenoxy) is 1. The Morgan fingerprint density at radius 1 is 1.12 bits per heavy atom. The number of likely N-dealkylation sites (tertiary alicyclic amines) is 1. The number of benzene rings is 2. The molecule has 5 heteroatoms. The van der Waals surface area contributed by atoms with Crippen molar-refractivity contribution in [1.29, 1.82) is 0 Å². The maximum atomic E-state index is 12.4. The van der Waals surface area contributed by atoms with Crippen LogP contribution in [-0.2, 0) is 27.5 Å². The van der Waals surface area contributed by atoms with Gasteiger partial charge in [-0.15, -0.1) is 0 Å². The van der Waals surface area contributed by atoms with Gasteiger partial charge in [-0.25, -0.2) is 4.79 Å². The van der Waals surface area contributed by atoms with E-state index in [1.54, 1.807) is 17.0 Å². The summed E-state index contributed by atoms with van der Waals surface area (Å²) >= 11 is 0. The van der Waals surface area contributed by atoms with Gasteiger partial charge in [0, 0.05) is 18.7 Å². The van der Waals surface area contributed by atoms with E-state index in [-0.39, 0.29) is 18.5 Å². The van der Waals surface area contributed by atoms with E-state index in [1.165, 1.54) is 0 Å². The number of nitrogen functional groups attached to an aromatic ring is 1. The van der Waals surface area contributed by atoms with Gasteiger partial charge in [0.1, 0.15) is 12.6 Å². The molecule has 1 heterocycles. The molecule has 25 heavy (non-hydrogen) atoms. The predicted octanol–water partition coefficient (Wildman–Crippen LogP) is 2.81. The number of amides is 1. The zero-order valence-corrected chi connectivity index (χ0v) is 14.3. The summed E-state index contributed by atoms with van der Waals surface area (Å²) < 4.78 is 5.41. The highest BCUT2D eigenvalue weighted by Gasteiger charge is 2.37. The molecule has 1 aliphatic heterocycles. The fraction of sp³-hybridized carbons (Fsp3) is 0.300. The standard InChI is InChI=1S/C20H22N2O3/c1-14-2-4-15(5-3-14)12-22-18(10-11-19(22)23)20(24)25-13-16-6-8-17(21)9-7-16/h2-9,18H,10-13,21H2,1H3/t18-/m0/s1. The molecule has 0 bridgehead atoms. The molecule has 5 nitrogen and oxygen atoms in total. The van der Waals surface area contributed by atoms with E-state index in [4.69, 9.17) is 10.5 Å². The van der Waals surface area contributed by atoms with E-state index in [2.05, 4.69) is 0 Å². The van der Waals surface area contributed by atoms with Crippen LogP contribution in [0.25, 0.3) is 0 Å². The first-order valence-corrected chi connectivity index (χ1v) is 8.39. The van der Waals surface area contributed by atoms with Gasteiger partial charge in [0.25, 0.3) is 0 Å². The van der Waals surface area contributed by atoms with Crippen LogP contribution in [0.3, 0.4) is 0 Å². The van der Waals surface area contributed by atoms with Crippen LogP contribution < -0.4 is 5.73 Å². The average molecular weight is 338 g/mol. The Bertz CT molecular complexity index is 754. The number of nitrogens with two attached hydrogens (primary N) is 1. The van der Waals surface area contributed by atoms with Crippen LogP contribution in [0.2, 0.25) is 0 Å². The third-order valence-corrected chi connectivity index (χ3v) is 4.43. The largest absolute Gasteiger partial charge is 0.459 e. The summed E-state index contributed by atoms with van der Waals surface area (Å²) in [4.78, 5) is 26.2.